The standard InChI is InChI=1S/C16H19ClO4/c1-16(2)8-7-12(21-16)10-20-14-5-3-11(9-13(14)17)4-6-15(18)19/h3-6,9,12H,7-8,10H2,1-2H3,(H,18,19)/b6-4+. The van der Waals surface area contributed by atoms with Crippen LogP contribution in [0.4, 0.5) is 0 Å². The Hall–Kier alpha value is -1.52. The summed E-state index contributed by atoms with van der Waals surface area (Å²) in [5.41, 5.74) is 0.636. The number of halogens is 1. The van der Waals surface area contributed by atoms with Gasteiger partial charge in [0.2, 0.25) is 0 Å². The number of hydrogen-bond acceptors (Lipinski definition) is 3. The normalized spacial score (nSPS) is 20.8. The Bertz CT molecular complexity index is 551. The van der Waals surface area contributed by atoms with Crippen LogP contribution in [0.1, 0.15) is 32.3 Å². The molecule has 1 fully saturated rings. The predicted octanol–water partition coefficient (Wildman–Crippen LogP) is 3.77. The zero-order valence-electron chi connectivity index (χ0n) is 12.1. The maximum Gasteiger partial charge on any atom is 0.328 e. The average Bonchev–Trinajstić information content (AvgIpc) is 2.75. The summed E-state index contributed by atoms with van der Waals surface area (Å²) in [5, 5.41) is 9.05. The van der Waals surface area contributed by atoms with Crippen molar-refractivity contribution < 1.29 is 19.4 Å². The van der Waals surface area contributed by atoms with Crippen molar-refractivity contribution in [2.75, 3.05) is 6.61 Å². The third kappa shape index (κ3) is 4.76. The molecule has 5 heteroatoms. The molecular weight excluding hydrogens is 292 g/mol. The van der Waals surface area contributed by atoms with E-state index in [0.717, 1.165) is 18.9 Å². The van der Waals surface area contributed by atoms with Gasteiger partial charge in [0.1, 0.15) is 12.4 Å². The summed E-state index contributed by atoms with van der Waals surface area (Å²) in [6.45, 7) is 4.61. The second-order valence-corrected chi connectivity index (χ2v) is 6.12. The lowest BCUT2D eigenvalue weighted by atomic mass is 10.1. The largest absolute Gasteiger partial charge is 0.489 e. The molecule has 0 amide bonds. The van der Waals surface area contributed by atoms with Crippen LogP contribution in [-0.2, 0) is 9.53 Å². The molecule has 0 radical (unpaired) electrons. The molecule has 0 bridgehead atoms. The molecule has 114 valence electrons. The Morgan fingerprint density at radius 3 is 2.90 bits per heavy atom. The highest BCUT2D eigenvalue weighted by molar-refractivity contribution is 6.32. The van der Waals surface area contributed by atoms with Gasteiger partial charge in [-0.05, 0) is 50.5 Å². The van der Waals surface area contributed by atoms with E-state index >= 15 is 0 Å². The minimum Gasteiger partial charge on any atom is -0.489 e. The molecule has 21 heavy (non-hydrogen) atoms. The fraction of sp³-hybridized carbons (Fsp3) is 0.438. The summed E-state index contributed by atoms with van der Waals surface area (Å²) in [7, 11) is 0. The van der Waals surface area contributed by atoms with Crippen LogP contribution in [0.15, 0.2) is 24.3 Å². The molecule has 1 heterocycles. The van der Waals surface area contributed by atoms with Gasteiger partial charge in [-0.15, -0.1) is 0 Å². The highest BCUT2D eigenvalue weighted by Gasteiger charge is 2.31. The lowest BCUT2D eigenvalue weighted by Crippen LogP contribution is -2.23. The molecule has 0 saturated carbocycles. The highest BCUT2D eigenvalue weighted by Crippen LogP contribution is 2.31. The van der Waals surface area contributed by atoms with E-state index in [4.69, 9.17) is 26.2 Å². The van der Waals surface area contributed by atoms with Gasteiger partial charge in [-0.3, -0.25) is 0 Å². The molecule has 0 aromatic heterocycles. The molecule has 1 aliphatic heterocycles. The van der Waals surface area contributed by atoms with E-state index in [1.54, 1.807) is 18.2 Å². The Morgan fingerprint density at radius 2 is 2.33 bits per heavy atom. The van der Waals surface area contributed by atoms with E-state index in [1.165, 1.54) is 6.08 Å². The molecule has 1 unspecified atom stereocenters. The maximum atomic E-state index is 10.5. The summed E-state index contributed by atoms with van der Waals surface area (Å²) in [5.74, 6) is -0.412. The van der Waals surface area contributed by atoms with E-state index in [9.17, 15) is 4.79 Å². The van der Waals surface area contributed by atoms with Crippen molar-refractivity contribution in [3.63, 3.8) is 0 Å². The van der Waals surface area contributed by atoms with Crippen molar-refractivity contribution in [1.82, 2.24) is 0 Å². The molecule has 1 aromatic carbocycles. The first-order chi connectivity index (χ1) is 9.85. The van der Waals surface area contributed by atoms with E-state index in [1.807, 2.05) is 0 Å². The first-order valence-electron chi connectivity index (χ1n) is 6.87. The molecule has 2 rings (SSSR count). The third-order valence-electron chi connectivity index (χ3n) is 3.35. The monoisotopic (exact) mass is 310 g/mol. The fourth-order valence-electron chi connectivity index (χ4n) is 2.28. The van der Waals surface area contributed by atoms with Gasteiger partial charge in [0, 0.05) is 6.08 Å². The van der Waals surface area contributed by atoms with Crippen molar-refractivity contribution in [2.45, 2.75) is 38.4 Å². The molecule has 1 saturated heterocycles. The van der Waals surface area contributed by atoms with Crippen LogP contribution in [0.25, 0.3) is 6.08 Å². The highest BCUT2D eigenvalue weighted by atomic mass is 35.5. The quantitative estimate of drug-likeness (QED) is 0.841. The lowest BCUT2D eigenvalue weighted by Gasteiger charge is -2.19. The number of carboxylic acids is 1. The smallest absolute Gasteiger partial charge is 0.328 e. The van der Waals surface area contributed by atoms with Crippen molar-refractivity contribution in [3.8, 4) is 5.75 Å². The number of carboxylic acid groups (broad SMARTS) is 1. The van der Waals surface area contributed by atoms with Crippen molar-refractivity contribution in [2.24, 2.45) is 0 Å². The molecule has 0 aliphatic carbocycles. The lowest BCUT2D eigenvalue weighted by molar-refractivity contribution is -0.131. The number of carbonyl (C=O) groups is 1. The Labute approximate surface area is 129 Å². The number of hydrogen-bond donors (Lipinski definition) is 1. The SMILES string of the molecule is CC1(C)CCC(COc2ccc(/C=C/C(=O)O)cc2Cl)O1. The van der Waals surface area contributed by atoms with Crippen LogP contribution in [0.5, 0.6) is 5.75 Å². The minimum atomic E-state index is -0.993. The van der Waals surface area contributed by atoms with Gasteiger partial charge in [-0.2, -0.15) is 0 Å². The predicted molar refractivity (Wildman–Crippen MR) is 81.8 cm³/mol. The van der Waals surface area contributed by atoms with Crippen LogP contribution in [0.2, 0.25) is 5.02 Å². The molecule has 1 aliphatic rings. The summed E-state index contributed by atoms with van der Waals surface area (Å²) in [4.78, 5) is 10.5. The average molecular weight is 311 g/mol. The first-order valence-corrected chi connectivity index (χ1v) is 7.25. The number of ether oxygens (including phenoxy) is 2. The van der Waals surface area contributed by atoms with Gasteiger partial charge in [0.05, 0.1) is 16.7 Å². The third-order valence-corrected chi connectivity index (χ3v) is 3.65. The number of rotatable bonds is 5. The molecule has 4 nitrogen and oxygen atoms in total. The molecule has 1 atom stereocenters. The van der Waals surface area contributed by atoms with Crippen molar-refractivity contribution >= 4 is 23.6 Å². The number of benzene rings is 1. The fourth-order valence-corrected chi connectivity index (χ4v) is 2.53. The van der Waals surface area contributed by atoms with E-state index in [-0.39, 0.29) is 11.7 Å². The summed E-state index contributed by atoms with van der Waals surface area (Å²) in [6.07, 6.45) is 4.64. The van der Waals surface area contributed by atoms with Gasteiger partial charge in [0.25, 0.3) is 0 Å². The zero-order valence-corrected chi connectivity index (χ0v) is 12.9. The second kappa shape index (κ2) is 6.50. The van der Waals surface area contributed by atoms with Gasteiger partial charge in [-0.1, -0.05) is 17.7 Å². The first kappa shape index (κ1) is 15.9. The summed E-state index contributed by atoms with van der Waals surface area (Å²) < 4.78 is 11.6. The van der Waals surface area contributed by atoms with E-state index in [0.29, 0.717) is 22.9 Å². The molecule has 1 N–H and O–H groups in total. The molecule has 1 aromatic rings. The second-order valence-electron chi connectivity index (χ2n) is 5.71. The van der Waals surface area contributed by atoms with Crippen LogP contribution >= 0.6 is 11.6 Å². The van der Waals surface area contributed by atoms with Crippen molar-refractivity contribution in [3.05, 3.63) is 34.9 Å². The van der Waals surface area contributed by atoms with Crippen LogP contribution in [0.3, 0.4) is 0 Å². The topological polar surface area (TPSA) is 55.8 Å². The zero-order chi connectivity index (χ0) is 15.5. The summed E-state index contributed by atoms with van der Waals surface area (Å²) >= 11 is 6.14. The Balaban J connectivity index is 1.94. The number of aliphatic carboxylic acids is 1. The Kier molecular flexibility index (Phi) is 4.91. The molecular formula is C16H19ClO4. The van der Waals surface area contributed by atoms with E-state index < -0.39 is 5.97 Å². The maximum absolute atomic E-state index is 10.5. The van der Waals surface area contributed by atoms with Crippen LogP contribution in [-0.4, -0.2) is 29.4 Å². The van der Waals surface area contributed by atoms with Crippen LogP contribution in [0, 0.1) is 0 Å². The Morgan fingerprint density at radius 1 is 1.57 bits per heavy atom. The van der Waals surface area contributed by atoms with Crippen LogP contribution < -0.4 is 4.74 Å². The van der Waals surface area contributed by atoms with Gasteiger partial charge < -0.3 is 14.6 Å². The van der Waals surface area contributed by atoms with Gasteiger partial charge in [-0.25, -0.2) is 4.79 Å². The van der Waals surface area contributed by atoms with E-state index in [2.05, 4.69) is 13.8 Å². The summed E-state index contributed by atoms with van der Waals surface area (Å²) in [6, 6.07) is 5.18. The van der Waals surface area contributed by atoms with Gasteiger partial charge >= 0.3 is 5.97 Å². The molecule has 0 spiro atoms. The van der Waals surface area contributed by atoms with Gasteiger partial charge in [0.15, 0.2) is 0 Å². The minimum absolute atomic E-state index is 0.0801. The van der Waals surface area contributed by atoms with Crippen molar-refractivity contribution in [1.29, 1.82) is 0 Å².